The standard InChI is InChI=1S/C11H15F5OS/c1-3-9(2)8-17-10-6-4-5-7-11(10)18(12,13,14,15)16/h4-7,9H,3,8H2,1-2H3/t9-/m1/s1. The first-order chi connectivity index (χ1) is 7.94. The molecule has 0 aliphatic heterocycles. The fourth-order valence-electron chi connectivity index (χ4n) is 1.24. The third-order valence-corrected chi connectivity index (χ3v) is 3.65. The van der Waals surface area contributed by atoms with E-state index in [2.05, 4.69) is 0 Å². The third-order valence-electron chi connectivity index (χ3n) is 2.49. The fourth-order valence-corrected chi connectivity index (χ4v) is 2.08. The van der Waals surface area contributed by atoms with Crippen molar-refractivity contribution in [2.24, 2.45) is 5.92 Å². The van der Waals surface area contributed by atoms with Gasteiger partial charge in [-0.3, -0.25) is 0 Å². The largest absolute Gasteiger partial charge is 0.492 e. The maximum atomic E-state index is 12.7. The van der Waals surface area contributed by atoms with Gasteiger partial charge in [-0.05, 0) is 18.1 Å². The number of benzene rings is 1. The molecule has 0 heterocycles. The van der Waals surface area contributed by atoms with E-state index in [1.54, 1.807) is 6.92 Å². The number of rotatable bonds is 5. The molecule has 0 aliphatic rings. The fraction of sp³-hybridized carbons (Fsp3) is 0.455. The molecule has 0 spiro atoms. The van der Waals surface area contributed by atoms with E-state index in [1.165, 1.54) is 6.07 Å². The van der Waals surface area contributed by atoms with E-state index in [9.17, 15) is 19.4 Å². The van der Waals surface area contributed by atoms with Crippen LogP contribution in [0.2, 0.25) is 0 Å². The molecule has 1 nitrogen and oxygen atoms in total. The molecule has 0 amide bonds. The molecule has 0 aromatic heterocycles. The van der Waals surface area contributed by atoms with Gasteiger partial charge >= 0.3 is 10.2 Å². The Hall–Kier alpha value is -0.980. The Morgan fingerprint density at radius 1 is 1.11 bits per heavy atom. The second kappa shape index (κ2) is 4.01. The Kier molecular flexibility index (Phi) is 3.36. The highest BCUT2D eigenvalue weighted by atomic mass is 32.5. The summed E-state index contributed by atoms with van der Waals surface area (Å²) in [6.07, 6.45) is 0.693. The van der Waals surface area contributed by atoms with E-state index in [4.69, 9.17) is 4.74 Å². The lowest BCUT2D eigenvalue weighted by atomic mass is 10.1. The smallest absolute Gasteiger partial charge is 0.313 e. The summed E-state index contributed by atoms with van der Waals surface area (Å²) in [7, 11) is -9.69. The van der Waals surface area contributed by atoms with Crippen molar-refractivity contribution >= 4 is 10.2 Å². The Morgan fingerprint density at radius 3 is 2.17 bits per heavy atom. The minimum Gasteiger partial charge on any atom is -0.492 e. The lowest BCUT2D eigenvalue weighted by Gasteiger charge is -2.41. The van der Waals surface area contributed by atoms with Gasteiger partial charge in [-0.1, -0.05) is 51.8 Å². The molecule has 0 radical (unpaired) electrons. The molecule has 0 bridgehead atoms. The number of ether oxygens (including phenoxy) is 1. The maximum Gasteiger partial charge on any atom is 0.313 e. The zero-order valence-corrected chi connectivity index (χ0v) is 10.8. The monoisotopic (exact) mass is 290 g/mol. The van der Waals surface area contributed by atoms with Crippen LogP contribution >= 0.6 is 10.2 Å². The van der Waals surface area contributed by atoms with Crippen LogP contribution in [-0.4, -0.2) is 6.61 Å². The molecule has 0 fully saturated rings. The van der Waals surface area contributed by atoms with Crippen molar-refractivity contribution in [2.75, 3.05) is 6.61 Å². The Balaban J connectivity index is 3.10. The van der Waals surface area contributed by atoms with Gasteiger partial charge in [0.05, 0.1) is 6.61 Å². The molecule has 106 valence electrons. The SMILES string of the molecule is CC[C@@H](C)COc1ccccc1S(F)(F)(F)(F)F. The van der Waals surface area contributed by atoms with Crippen molar-refractivity contribution < 1.29 is 24.2 Å². The van der Waals surface area contributed by atoms with E-state index < -0.39 is 20.9 Å². The lowest BCUT2D eigenvalue weighted by molar-refractivity contribution is 0.245. The summed E-state index contributed by atoms with van der Waals surface area (Å²) in [5.74, 6) is -0.812. The minimum atomic E-state index is -9.69. The summed E-state index contributed by atoms with van der Waals surface area (Å²) in [6.45, 7) is 3.58. The van der Waals surface area contributed by atoms with Crippen LogP contribution in [0, 0.1) is 5.92 Å². The Bertz CT molecular complexity index is 428. The second-order valence-electron chi connectivity index (χ2n) is 4.24. The predicted molar refractivity (Wildman–Crippen MR) is 62.8 cm³/mol. The van der Waals surface area contributed by atoms with Crippen LogP contribution < -0.4 is 4.74 Å². The van der Waals surface area contributed by atoms with Crippen molar-refractivity contribution in [2.45, 2.75) is 25.2 Å². The normalized spacial score (nSPS) is 17.7. The highest BCUT2D eigenvalue weighted by Gasteiger charge is 2.67. The molecule has 0 saturated heterocycles. The maximum absolute atomic E-state index is 12.7. The van der Waals surface area contributed by atoms with Crippen LogP contribution in [0.25, 0.3) is 0 Å². The minimum absolute atomic E-state index is 0.00317. The van der Waals surface area contributed by atoms with Crippen LogP contribution in [-0.2, 0) is 0 Å². The van der Waals surface area contributed by atoms with Crippen LogP contribution in [0.3, 0.4) is 0 Å². The van der Waals surface area contributed by atoms with Gasteiger partial charge in [0.1, 0.15) is 10.6 Å². The van der Waals surface area contributed by atoms with Gasteiger partial charge in [-0.2, -0.15) is 0 Å². The average Bonchev–Trinajstić information content (AvgIpc) is 2.23. The number of hydrogen-bond acceptors (Lipinski definition) is 1. The van der Waals surface area contributed by atoms with Crippen LogP contribution in [0.1, 0.15) is 20.3 Å². The van der Waals surface area contributed by atoms with Gasteiger partial charge < -0.3 is 4.74 Å². The summed E-state index contributed by atoms with van der Waals surface area (Å²) in [5.41, 5.74) is 0. The van der Waals surface area contributed by atoms with E-state index >= 15 is 0 Å². The zero-order chi connectivity index (χ0) is 14.1. The summed E-state index contributed by atoms with van der Waals surface area (Å²) in [5, 5.41) is 0. The molecule has 0 saturated carbocycles. The van der Waals surface area contributed by atoms with Crippen molar-refractivity contribution in [1.82, 2.24) is 0 Å². The van der Waals surface area contributed by atoms with Gasteiger partial charge in [0.2, 0.25) is 0 Å². The molecule has 7 heteroatoms. The number of hydrogen-bond donors (Lipinski definition) is 0. The average molecular weight is 290 g/mol. The highest BCUT2D eigenvalue weighted by Crippen LogP contribution is 3.03. The van der Waals surface area contributed by atoms with Crippen LogP contribution in [0.4, 0.5) is 19.4 Å². The summed E-state index contributed by atoms with van der Waals surface area (Å²) in [4.78, 5) is -1.96. The quantitative estimate of drug-likeness (QED) is 0.625. The first-order valence-electron chi connectivity index (χ1n) is 5.40. The Labute approximate surface area is 103 Å². The molecular formula is C11H15F5OS. The zero-order valence-electron chi connectivity index (χ0n) is 10.0. The van der Waals surface area contributed by atoms with Gasteiger partial charge in [0, 0.05) is 0 Å². The van der Waals surface area contributed by atoms with Crippen LogP contribution in [0.5, 0.6) is 5.75 Å². The molecule has 0 N–H and O–H groups in total. The first kappa shape index (κ1) is 15.1. The van der Waals surface area contributed by atoms with E-state index in [0.29, 0.717) is 12.5 Å². The summed E-state index contributed by atoms with van der Waals surface area (Å²) in [6, 6.07) is 3.42. The van der Waals surface area contributed by atoms with Gasteiger partial charge in [0.15, 0.2) is 0 Å². The molecule has 1 aromatic carbocycles. The molecule has 0 aliphatic carbocycles. The molecule has 1 aromatic rings. The molecule has 1 atom stereocenters. The van der Waals surface area contributed by atoms with E-state index in [0.717, 1.165) is 12.1 Å². The number of para-hydroxylation sites is 1. The van der Waals surface area contributed by atoms with E-state index in [-0.39, 0.29) is 12.5 Å². The Morgan fingerprint density at radius 2 is 1.67 bits per heavy atom. The molecular weight excluding hydrogens is 275 g/mol. The van der Waals surface area contributed by atoms with E-state index in [1.807, 2.05) is 6.92 Å². The molecule has 18 heavy (non-hydrogen) atoms. The predicted octanol–water partition coefficient (Wildman–Crippen LogP) is 5.77. The van der Waals surface area contributed by atoms with Crippen molar-refractivity contribution in [3.63, 3.8) is 0 Å². The van der Waals surface area contributed by atoms with Gasteiger partial charge in [-0.25, -0.2) is 0 Å². The topological polar surface area (TPSA) is 9.23 Å². The second-order valence-corrected chi connectivity index (χ2v) is 6.62. The van der Waals surface area contributed by atoms with Gasteiger partial charge in [-0.15, -0.1) is 0 Å². The van der Waals surface area contributed by atoms with Crippen molar-refractivity contribution in [1.29, 1.82) is 0 Å². The summed E-state index contributed by atoms with van der Waals surface area (Å²) >= 11 is 0. The van der Waals surface area contributed by atoms with Crippen molar-refractivity contribution in [3.05, 3.63) is 24.3 Å². The van der Waals surface area contributed by atoms with Crippen LogP contribution in [0.15, 0.2) is 29.2 Å². The molecule has 0 unspecified atom stereocenters. The lowest BCUT2D eigenvalue weighted by Crippen LogP contribution is -2.12. The van der Waals surface area contributed by atoms with Crippen molar-refractivity contribution in [3.8, 4) is 5.75 Å². The third kappa shape index (κ3) is 4.04. The molecule has 1 rings (SSSR count). The highest BCUT2D eigenvalue weighted by molar-refractivity contribution is 8.45. The van der Waals surface area contributed by atoms with Gasteiger partial charge in [0.25, 0.3) is 0 Å². The summed E-state index contributed by atoms with van der Waals surface area (Å²) < 4.78 is 68.5. The first-order valence-corrected chi connectivity index (χ1v) is 7.35. The number of halogens is 5.